The molecule has 1 aromatic rings. The Morgan fingerprint density at radius 1 is 1.20 bits per heavy atom. The molecule has 1 aliphatic rings. The van der Waals surface area contributed by atoms with Gasteiger partial charge >= 0.3 is 0 Å². The summed E-state index contributed by atoms with van der Waals surface area (Å²) in [6, 6.07) is 7.53. The van der Waals surface area contributed by atoms with Gasteiger partial charge in [-0.15, -0.1) is 0 Å². The average molecular weight is 203 g/mol. The lowest BCUT2D eigenvalue weighted by atomic mass is 9.89. The maximum absolute atomic E-state index is 3.46. The molecule has 1 fully saturated rings. The van der Waals surface area contributed by atoms with Crippen molar-refractivity contribution in [2.75, 3.05) is 7.05 Å². The van der Waals surface area contributed by atoms with E-state index in [2.05, 4.69) is 44.4 Å². The molecule has 2 rings (SSSR count). The monoisotopic (exact) mass is 203 g/mol. The van der Waals surface area contributed by atoms with Crippen LogP contribution in [0.1, 0.15) is 41.9 Å². The standard InChI is InChI=1S/C14H21N/c1-10-7-8-11(2)13(9-10)12-5-4-6-14(12)15-3/h7-9,12,14-15H,4-6H2,1-3H3. The Morgan fingerprint density at radius 3 is 2.73 bits per heavy atom. The van der Waals surface area contributed by atoms with Crippen molar-refractivity contribution in [1.29, 1.82) is 0 Å². The fourth-order valence-electron chi connectivity index (χ4n) is 2.84. The van der Waals surface area contributed by atoms with Crippen molar-refractivity contribution in [2.24, 2.45) is 0 Å². The van der Waals surface area contributed by atoms with Crippen LogP contribution >= 0.6 is 0 Å². The molecule has 2 atom stereocenters. The topological polar surface area (TPSA) is 12.0 Å². The van der Waals surface area contributed by atoms with Crippen LogP contribution in [0.2, 0.25) is 0 Å². The molecule has 0 amide bonds. The van der Waals surface area contributed by atoms with Crippen LogP contribution in [0, 0.1) is 13.8 Å². The molecular weight excluding hydrogens is 182 g/mol. The highest BCUT2D eigenvalue weighted by molar-refractivity contribution is 5.34. The van der Waals surface area contributed by atoms with Crippen molar-refractivity contribution < 1.29 is 0 Å². The highest BCUT2D eigenvalue weighted by Crippen LogP contribution is 2.36. The Hall–Kier alpha value is -0.820. The second kappa shape index (κ2) is 4.36. The van der Waals surface area contributed by atoms with E-state index in [4.69, 9.17) is 0 Å². The molecule has 0 bridgehead atoms. The maximum Gasteiger partial charge on any atom is 0.0133 e. The summed E-state index contributed by atoms with van der Waals surface area (Å²) in [5, 5.41) is 3.46. The zero-order valence-corrected chi connectivity index (χ0v) is 10.0. The molecule has 0 aromatic heterocycles. The van der Waals surface area contributed by atoms with Crippen LogP contribution in [0.25, 0.3) is 0 Å². The van der Waals surface area contributed by atoms with E-state index in [-0.39, 0.29) is 0 Å². The van der Waals surface area contributed by atoms with Gasteiger partial charge in [0.05, 0.1) is 0 Å². The first-order chi connectivity index (χ1) is 7.22. The molecule has 0 radical (unpaired) electrons. The Morgan fingerprint density at radius 2 is 2.00 bits per heavy atom. The fourth-order valence-corrected chi connectivity index (χ4v) is 2.84. The third kappa shape index (κ3) is 2.07. The van der Waals surface area contributed by atoms with Gasteiger partial charge in [-0.1, -0.05) is 30.2 Å². The van der Waals surface area contributed by atoms with E-state index in [1.807, 2.05) is 0 Å². The van der Waals surface area contributed by atoms with Gasteiger partial charge in [0, 0.05) is 6.04 Å². The minimum absolute atomic E-state index is 0.686. The molecule has 1 N–H and O–H groups in total. The summed E-state index contributed by atoms with van der Waals surface area (Å²) < 4.78 is 0. The van der Waals surface area contributed by atoms with Gasteiger partial charge < -0.3 is 5.32 Å². The van der Waals surface area contributed by atoms with Gasteiger partial charge in [-0.05, 0) is 50.8 Å². The molecule has 1 nitrogen and oxygen atoms in total. The zero-order valence-electron chi connectivity index (χ0n) is 10.0. The SMILES string of the molecule is CNC1CCCC1c1cc(C)ccc1C. The summed E-state index contributed by atoms with van der Waals surface area (Å²) in [4.78, 5) is 0. The van der Waals surface area contributed by atoms with Gasteiger partial charge in [0.2, 0.25) is 0 Å². The Bertz CT molecular complexity index is 343. The van der Waals surface area contributed by atoms with Crippen LogP contribution in [0.5, 0.6) is 0 Å². The van der Waals surface area contributed by atoms with Crippen molar-refractivity contribution in [3.63, 3.8) is 0 Å². The van der Waals surface area contributed by atoms with Gasteiger partial charge in [-0.3, -0.25) is 0 Å². The second-order valence-electron chi connectivity index (χ2n) is 4.79. The van der Waals surface area contributed by atoms with Crippen molar-refractivity contribution in [3.05, 3.63) is 34.9 Å². The number of nitrogens with one attached hydrogen (secondary N) is 1. The summed E-state index contributed by atoms with van der Waals surface area (Å²) in [5.74, 6) is 0.731. The van der Waals surface area contributed by atoms with E-state index in [1.54, 1.807) is 5.56 Å². The average Bonchev–Trinajstić information content (AvgIpc) is 2.69. The number of hydrogen-bond donors (Lipinski definition) is 1. The molecule has 1 heteroatoms. The highest BCUT2D eigenvalue weighted by Gasteiger charge is 2.28. The lowest BCUT2D eigenvalue weighted by molar-refractivity contribution is 0.520. The lowest BCUT2D eigenvalue weighted by Gasteiger charge is -2.21. The quantitative estimate of drug-likeness (QED) is 0.778. The fraction of sp³-hybridized carbons (Fsp3) is 0.571. The second-order valence-corrected chi connectivity index (χ2v) is 4.79. The predicted molar refractivity (Wildman–Crippen MR) is 65.4 cm³/mol. The molecule has 1 aromatic carbocycles. The third-order valence-electron chi connectivity index (χ3n) is 3.72. The van der Waals surface area contributed by atoms with Gasteiger partial charge in [-0.2, -0.15) is 0 Å². The van der Waals surface area contributed by atoms with Crippen molar-refractivity contribution in [3.8, 4) is 0 Å². The summed E-state index contributed by atoms with van der Waals surface area (Å²) >= 11 is 0. The summed E-state index contributed by atoms with van der Waals surface area (Å²) in [6.45, 7) is 4.42. The van der Waals surface area contributed by atoms with E-state index < -0.39 is 0 Å². The minimum atomic E-state index is 0.686. The molecule has 0 heterocycles. The predicted octanol–water partition coefficient (Wildman–Crippen LogP) is 3.16. The maximum atomic E-state index is 3.46. The van der Waals surface area contributed by atoms with Crippen molar-refractivity contribution in [1.82, 2.24) is 5.32 Å². The first-order valence-electron chi connectivity index (χ1n) is 5.97. The van der Waals surface area contributed by atoms with Gasteiger partial charge in [0.15, 0.2) is 0 Å². The molecule has 15 heavy (non-hydrogen) atoms. The van der Waals surface area contributed by atoms with Crippen LogP contribution < -0.4 is 5.32 Å². The molecule has 1 aliphatic carbocycles. The van der Waals surface area contributed by atoms with Gasteiger partial charge in [-0.25, -0.2) is 0 Å². The number of likely N-dealkylation sites (N-methyl/N-ethyl adjacent to an activating group) is 1. The summed E-state index contributed by atoms with van der Waals surface area (Å²) in [6.07, 6.45) is 4.04. The first-order valence-corrected chi connectivity index (χ1v) is 5.97. The normalized spacial score (nSPS) is 25.8. The molecule has 2 unspecified atom stereocenters. The van der Waals surface area contributed by atoms with Crippen LogP contribution in [0.3, 0.4) is 0 Å². The van der Waals surface area contributed by atoms with E-state index in [9.17, 15) is 0 Å². The zero-order chi connectivity index (χ0) is 10.8. The number of aryl methyl sites for hydroxylation is 2. The Labute approximate surface area is 92.9 Å². The summed E-state index contributed by atoms with van der Waals surface area (Å²) in [7, 11) is 2.09. The third-order valence-corrected chi connectivity index (χ3v) is 3.72. The summed E-state index contributed by atoms with van der Waals surface area (Å²) in [5.41, 5.74) is 4.40. The molecule has 0 spiro atoms. The molecule has 0 aliphatic heterocycles. The van der Waals surface area contributed by atoms with Crippen molar-refractivity contribution >= 4 is 0 Å². The van der Waals surface area contributed by atoms with Crippen LogP contribution in [-0.2, 0) is 0 Å². The smallest absolute Gasteiger partial charge is 0.0133 e. The van der Waals surface area contributed by atoms with E-state index in [0.29, 0.717) is 6.04 Å². The minimum Gasteiger partial charge on any atom is -0.316 e. The lowest BCUT2D eigenvalue weighted by Crippen LogP contribution is -2.27. The van der Waals surface area contributed by atoms with Crippen LogP contribution in [0.15, 0.2) is 18.2 Å². The van der Waals surface area contributed by atoms with Crippen molar-refractivity contribution in [2.45, 2.75) is 45.1 Å². The molecule has 0 saturated heterocycles. The van der Waals surface area contributed by atoms with E-state index in [0.717, 1.165) is 5.92 Å². The number of hydrogen-bond acceptors (Lipinski definition) is 1. The Balaban J connectivity index is 2.31. The highest BCUT2D eigenvalue weighted by atomic mass is 14.9. The molecule has 82 valence electrons. The van der Waals surface area contributed by atoms with Crippen LogP contribution in [-0.4, -0.2) is 13.1 Å². The largest absolute Gasteiger partial charge is 0.316 e. The van der Waals surface area contributed by atoms with E-state index >= 15 is 0 Å². The molecular formula is C14H21N. The van der Waals surface area contributed by atoms with Gasteiger partial charge in [0.25, 0.3) is 0 Å². The number of rotatable bonds is 2. The van der Waals surface area contributed by atoms with E-state index in [1.165, 1.54) is 30.4 Å². The van der Waals surface area contributed by atoms with Gasteiger partial charge in [0.1, 0.15) is 0 Å². The Kier molecular flexibility index (Phi) is 3.11. The first kappa shape index (κ1) is 10.7. The molecule has 1 saturated carbocycles. The number of benzene rings is 1. The van der Waals surface area contributed by atoms with Crippen LogP contribution in [0.4, 0.5) is 0 Å².